The van der Waals surface area contributed by atoms with Gasteiger partial charge in [-0.05, 0) is 12.3 Å². The molecule has 1 aliphatic heterocycles. The molecule has 0 saturated carbocycles. The molecule has 17 heavy (non-hydrogen) atoms. The molecule has 0 bridgehead atoms. The first-order valence-electron chi connectivity index (χ1n) is 5.50. The highest BCUT2D eigenvalue weighted by molar-refractivity contribution is 6.00. The van der Waals surface area contributed by atoms with Crippen molar-refractivity contribution in [2.45, 2.75) is 26.3 Å². The lowest BCUT2D eigenvalue weighted by Gasteiger charge is -2.14. The molecule has 1 amide bonds. The average Bonchev–Trinajstić information content (AvgIpc) is 2.43. The zero-order valence-corrected chi connectivity index (χ0v) is 10.1. The molecule has 3 N–H and O–H groups in total. The van der Waals surface area contributed by atoms with Gasteiger partial charge in [-0.1, -0.05) is 13.8 Å². The Morgan fingerprint density at radius 1 is 1.59 bits per heavy atom. The van der Waals surface area contributed by atoms with Gasteiger partial charge in [-0.3, -0.25) is 9.59 Å². The van der Waals surface area contributed by atoms with Crippen LogP contribution in [0.5, 0.6) is 0 Å². The Morgan fingerprint density at radius 2 is 2.29 bits per heavy atom. The van der Waals surface area contributed by atoms with E-state index >= 15 is 0 Å². The summed E-state index contributed by atoms with van der Waals surface area (Å²) in [7, 11) is 0. The molecule has 0 aromatic carbocycles. The lowest BCUT2D eigenvalue weighted by Crippen LogP contribution is -2.42. The number of ketones is 1. The predicted octanol–water partition coefficient (Wildman–Crippen LogP) is -0.109. The zero-order chi connectivity index (χ0) is 12.8. The highest BCUT2D eigenvalue weighted by Gasteiger charge is 2.20. The van der Waals surface area contributed by atoms with Crippen LogP contribution < -0.4 is 11.1 Å². The monoisotopic (exact) mass is 242 g/mol. The van der Waals surface area contributed by atoms with Crippen LogP contribution in [0.15, 0.2) is 12.0 Å². The second kappa shape index (κ2) is 6.36. The summed E-state index contributed by atoms with van der Waals surface area (Å²) in [5, 5.41) is 2.46. The average molecular weight is 242 g/mol. The van der Waals surface area contributed by atoms with E-state index in [1.807, 2.05) is 13.8 Å². The summed E-state index contributed by atoms with van der Waals surface area (Å²) >= 11 is 0. The molecule has 1 atom stereocenters. The van der Waals surface area contributed by atoms with Gasteiger partial charge in [0.05, 0.1) is 6.04 Å². The molecule has 1 heterocycles. The van der Waals surface area contributed by atoms with E-state index in [0.29, 0.717) is 12.3 Å². The van der Waals surface area contributed by atoms with Crippen molar-refractivity contribution >= 4 is 11.7 Å². The van der Waals surface area contributed by atoms with E-state index in [4.69, 9.17) is 15.2 Å². The van der Waals surface area contributed by atoms with Crippen molar-refractivity contribution < 1.29 is 19.1 Å². The van der Waals surface area contributed by atoms with Gasteiger partial charge in [0.15, 0.2) is 6.79 Å². The van der Waals surface area contributed by atoms with Crippen molar-refractivity contribution in [1.82, 2.24) is 5.32 Å². The van der Waals surface area contributed by atoms with Gasteiger partial charge < -0.3 is 20.5 Å². The maximum atomic E-state index is 11.7. The van der Waals surface area contributed by atoms with Crippen LogP contribution in [0.25, 0.3) is 0 Å². The second-order valence-electron chi connectivity index (χ2n) is 4.31. The zero-order valence-electron chi connectivity index (χ0n) is 10.1. The third-order valence-corrected chi connectivity index (χ3v) is 2.21. The summed E-state index contributed by atoms with van der Waals surface area (Å²) < 4.78 is 9.72. The summed E-state index contributed by atoms with van der Waals surface area (Å²) in [5.41, 5.74) is 5.79. The Morgan fingerprint density at radius 3 is 2.94 bits per heavy atom. The van der Waals surface area contributed by atoms with Gasteiger partial charge in [0.25, 0.3) is 0 Å². The van der Waals surface area contributed by atoms with E-state index in [9.17, 15) is 9.59 Å². The maximum absolute atomic E-state index is 11.7. The molecule has 96 valence electrons. The lowest BCUT2D eigenvalue weighted by molar-refractivity contribution is -0.126. The molecule has 0 unspecified atom stereocenters. The van der Waals surface area contributed by atoms with Gasteiger partial charge in [-0.25, -0.2) is 0 Å². The molecule has 0 fully saturated rings. The lowest BCUT2D eigenvalue weighted by atomic mass is 10.0. The highest BCUT2D eigenvalue weighted by Crippen LogP contribution is 2.05. The van der Waals surface area contributed by atoms with Gasteiger partial charge in [0, 0.05) is 0 Å². The minimum atomic E-state index is -0.632. The number of Topliss-reactive ketones (excluding diaryl/α,β-unsaturated/α-hetero) is 1. The van der Waals surface area contributed by atoms with E-state index in [1.165, 1.54) is 6.26 Å². The van der Waals surface area contributed by atoms with Crippen molar-refractivity contribution in [3.05, 3.63) is 12.0 Å². The molecule has 0 spiro atoms. The summed E-state index contributed by atoms with van der Waals surface area (Å²) in [4.78, 5) is 23.1. The fraction of sp³-hybridized carbons (Fsp3) is 0.636. The van der Waals surface area contributed by atoms with E-state index < -0.39 is 6.04 Å². The van der Waals surface area contributed by atoms with E-state index in [2.05, 4.69) is 5.32 Å². The smallest absolute Gasteiger partial charge is 0.241 e. The molecule has 0 aliphatic carbocycles. The summed E-state index contributed by atoms with van der Waals surface area (Å²) in [6.45, 7) is 3.84. The molecule has 6 nitrogen and oxygen atoms in total. The minimum absolute atomic E-state index is 0.00313. The molecular weight excluding hydrogens is 224 g/mol. The van der Waals surface area contributed by atoms with Gasteiger partial charge in [-0.15, -0.1) is 0 Å². The molecule has 0 saturated heterocycles. The van der Waals surface area contributed by atoms with Gasteiger partial charge in [0.1, 0.15) is 18.6 Å². The Bertz CT molecular complexity index is 325. The third-order valence-electron chi connectivity index (χ3n) is 2.21. The van der Waals surface area contributed by atoms with Crippen LogP contribution in [0.1, 0.15) is 20.3 Å². The molecular formula is C11H18N2O4. The molecule has 6 heteroatoms. The van der Waals surface area contributed by atoms with E-state index in [0.717, 1.165) is 0 Å². The molecule has 1 rings (SSSR count). The molecule has 0 aromatic rings. The van der Waals surface area contributed by atoms with Gasteiger partial charge in [0.2, 0.25) is 11.7 Å². The van der Waals surface area contributed by atoms with Crippen LogP contribution >= 0.6 is 0 Å². The Kier molecular flexibility index (Phi) is 5.11. The van der Waals surface area contributed by atoms with Crippen LogP contribution in [0, 0.1) is 5.92 Å². The summed E-state index contributed by atoms with van der Waals surface area (Å²) in [6.07, 6.45) is 1.75. The van der Waals surface area contributed by atoms with Gasteiger partial charge >= 0.3 is 0 Å². The van der Waals surface area contributed by atoms with Crippen LogP contribution in [0.3, 0.4) is 0 Å². The highest BCUT2D eigenvalue weighted by atomic mass is 16.7. The molecule has 0 radical (unpaired) electrons. The summed E-state index contributed by atoms with van der Waals surface area (Å²) in [5.74, 6) is -0.398. The van der Waals surface area contributed by atoms with Gasteiger partial charge in [-0.2, -0.15) is 0 Å². The SMILES string of the molecule is CC(C)C[C@H](N)C(=O)NC1=COCOCC1=O. The van der Waals surface area contributed by atoms with E-state index in [1.54, 1.807) is 0 Å². The number of rotatable bonds is 4. The second-order valence-corrected chi connectivity index (χ2v) is 4.31. The standard InChI is InChI=1S/C11H18N2O4/c1-7(2)3-8(12)11(15)13-9-4-16-6-17-5-10(9)14/h4,7-8H,3,5-6,12H2,1-2H3,(H,13,15)/t8-/m0/s1. The van der Waals surface area contributed by atoms with Crippen molar-refractivity contribution in [2.24, 2.45) is 11.7 Å². The molecule has 0 aromatic heterocycles. The summed E-state index contributed by atoms with van der Waals surface area (Å²) in [6, 6.07) is -0.632. The number of carbonyl (C=O) groups excluding carboxylic acids is 2. The largest absolute Gasteiger partial charge is 0.473 e. The first kappa shape index (κ1) is 13.7. The van der Waals surface area contributed by atoms with Crippen LogP contribution in [0.2, 0.25) is 0 Å². The first-order valence-corrected chi connectivity index (χ1v) is 5.50. The maximum Gasteiger partial charge on any atom is 0.241 e. The predicted molar refractivity (Wildman–Crippen MR) is 60.6 cm³/mol. The number of amides is 1. The Labute approximate surface area is 100 Å². The number of nitrogens with two attached hydrogens (primary N) is 1. The molecule has 1 aliphatic rings. The normalized spacial score (nSPS) is 18.1. The van der Waals surface area contributed by atoms with Crippen LogP contribution in [-0.4, -0.2) is 31.1 Å². The van der Waals surface area contributed by atoms with Crippen LogP contribution in [0.4, 0.5) is 0 Å². The van der Waals surface area contributed by atoms with Crippen molar-refractivity contribution in [3.8, 4) is 0 Å². The Hall–Kier alpha value is -1.40. The fourth-order valence-corrected chi connectivity index (χ4v) is 1.38. The van der Waals surface area contributed by atoms with E-state index in [-0.39, 0.29) is 30.8 Å². The fourth-order valence-electron chi connectivity index (χ4n) is 1.38. The number of carbonyl (C=O) groups is 2. The third kappa shape index (κ3) is 4.54. The van der Waals surface area contributed by atoms with Crippen molar-refractivity contribution in [3.63, 3.8) is 0 Å². The number of ether oxygens (including phenoxy) is 2. The number of hydrogen-bond acceptors (Lipinski definition) is 5. The minimum Gasteiger partial charge on any atom is -0.473 e. The first-order chi connectivity index (χ1) is 8.00. The van der Waals surface area contributed by atoms with Crippen molar-refractivity contribution in [1.29, 1.82) is 0 Å². The number of nitrogens with one attached hydrogen (secondary N) is 1. The topological polar surface area (TPSA) is 90.7 Å². The van der Waals surface area contributed by atoms with Crippen molar-refractivity contribution in [2.75, 3.05) is 13.4 Å². The quantitative estimate of drug-likeness (QED) is 0.718. The number of hydrogen-bond donors (Lipinski definition) is 2. The Balaban J connectivity index is 2.54. The van der Waals surface area contributed by atoms with Crippen LogP contribution in [-0.2, 0) is 19.1 Å².